The van der Waals surface area contributed by atoms with Gasteiger partial charge in [-0.1, -0.05) is 83.1 Å². The van der Waals surface area contributed by atoms with Crippen molar-refractivity contribution in [2.24, 2.45) is 23.2 Å². The van der Waals surface area contributed by atoms with Gasteiger partial charge in [0.1, 0.15) is 0 Å². The Bertz CT molecular complexity index is 701. The molecule has 6 rings (SSSR count). The molecule has 0 aliphatic heterocycles. The molecule has 0 N–H and O–H groups in total. The Morgan fingerprint density at radius 1 is 0.636 bits per heavy atom. The standard InChI is InChI=1S/C33H52/c1-3-5-7-27-8-12-28(13-9-27)29-14-18-31(19-15-29)33-23-20-32(21-24-33,22-25-33)30-16-10-26(6-4-2)11-17-30/h14-15,18-19,26-28,30H,3-13,16-17,20-25H2,1-2H3. The molecule has 0 amide bonds. The van der Waals surface area contributed by atoms with Crippen molar-refractivity contribution in [2.75, 3.05) is 0 Å². The van der Waals surface area contributed by atoms with E-state index in [4.69, 9.17) is 0 Å². The smallest absolute Gasteiger partial charge is 0.00463 e. The fourth-order valence-electron chi connectivity index (χ4n) is 9.12. The van der Waals surface area contributed by atoms with E-state index in [1.807, 2.05) is 0 Å². The molecule has 1 aromatic carbocycles. The summed E-state index contributed by atoms with van der Waals surface area (Å²) >= 11 is 0. The topological polar surface area (TPSA) is 0 Å². The van der Waals surface area contributed by atoms with Crippen LogP contribution in [0.4, 0.5) is 0 Å². The second-order valence-corrected chi connectivity index (χ2v) is 13.1. The van der Waals surface area contributed by atoms with Crippen molar-refractivity contribution in [1.82, 2.24) is 0 Å². The first-order valence-corrected chi connectivity index (χ1v) is 15.3. The molecular formula is C33H52. The molecule has 0 heteroatoms. The fourth-order valence-corrected chi connectivity index (χ4v) is 9.12. The Labute approximate surface area is 205 Å². The Morgan fingerprint density at radius 2 is 1.21 bits per heavy atom. The van der Waals surface area contributed by atoms with E-state index in [-0.39, 0.29) is 0 Å². The van der Waals surface area contributed by atoms with Gasteiger partial charge in [-0.15, -0.1) is 0 Å². The zero-order valence-electron chi connectivity index (χ0n) is 22.1. The number of rotatable bonds is 8. The van der Waals surface area contributed by atoms with Gasteiger partial charge in [0.05, 0.1) is 0 Å². The molecule has 5 aliphatic carbocycles. The van der Waals surface area contributed by atoms with Crippen LogP contribution in [-0.4, -0.2) is 0 Å². The molecule has 0 spiro atoms. The summed E-state index contributed by atoms with van der Waals surface area (Å²) in [5, 5.41) is 0. The highest BCUT2D eigenvalue weighted by Crippen LogP contribution is 2.62. The first-order valence-electron chi connectivity index (χ1n) is 15.3. The predicted octanol–water partition coefficient (Wildman–Crippen LogP) is 10.3. The molecule has 1 aromatic rings. The summed E-state index contributed by atoms with van der Waals surface area (Å²) in [7, 11) is 0. The lowest BCUT2D eigenvalue weighted by molar-refractivity contribution is -0.0294. The SMILES string of the molecule is CCCCC1CCC(c2ccc(C34CCC(C5CCC(CCC)CC5)(CC3)CC4)cc2)CC1. The molecule has 0 unspecified atom stereocenters. The molecule has 0 atom stereocenters. The van der Waals surface area contributed by atoms with Crippen LogP contribution in [0.3, 0.4) is 0 Å². The quantitative estimate of drug-likeness (QED) is 0.371. The normalized spacial score (nSPS) is 39.0. The van der Waals surface area contributed by atoms with Gasteiger partial charge in [-0.05, 0) is 123 Å². The van der Waals surface area contributed by atoms with Crippen LogP contribution in [0.1, 0.15) is 153 Å². The third kappa shape index (κ3) is 4.97. The van der Waals surface area contributed by atoms with E-state index in [1.165, 1.54) is 109 Å². The summed E-state index contributed by atoms with van der Waals surface area (Å²) in [5.41, 5.74) is 4.60. The first kappa shape index (κ1) is 23.9. The van der Waals surface area contributed by atoms with Crippen LogP contribution in [0.2, 0.25) is 0 Å². The molecule has 5 saturated carbocycles. The van der Waals surface area contributed by atoms with Crippen LogP contribution >= 0.6 is 0 Å². The molecule has 0 saturated heterocycles. The van der Waals surface area contributed by atoms with Gasteiger partial charge >= 0.3 is 0 Å². The average Bonchev–Trinajstić information content (AvgIpc) is 2.89. The van der Waals surface area contributed by atoms with E-state index >= 15 is 0 Å². The molecular weight excluding hydrogens is 396 g/mol. The van der Waals surface area contributed by atoms with Crippen molar-refractivity contribution in [1.29, 1.82) is 0 Å². The average molecular weight is 449 g/mol. The van der Waals surface area contributed by atoms with E-state index in [1.54, 1.807) is 24.0 Å². The maximum atomic E-state index is 2.58. The molecule has 0 nitrogen and oxygen atoms in total. The molecule has 33 heavy (non-hydrogen) atoms. The van der Waals surface area contributed by atoms with Gasteiger partial charge in [0, 0.05) is 0 Å². The largest absolute Gasteiger partial charge is 0.0654 e. The van der Waals surface area contributed by atoms with Crippen LogP contribution in [0.15, 0.2) is 24.3 Å². The number of benzene rings is 1. The number of unbranched alkanes of at least 4 members (excludes halogenated alkanes) is 1. The summed E-state index contributed by atoms with van der Waals surface area (Å²) in [6.07, 6.45) is 28.1. The minimum Gasteiger partial charge on any atom is -0.0654 e. The van der Waals surface area contributed by atoms with Crippen LogP contribution < -0.4 is 0 Å². The minimum atomic E-state index is 0.525. The van der Waals surface area contributed by atoms with Crippen molar-refractivity contribution >= 4 is 0 Å². The van der Waals surface area contributed by atoms with E-state index in [9.17, 15) is 0 Å². The lowest BCUT2D eigenvalue weighted by atomic mass is 9.47. The summed E-state index contributed by atoms with van der Waals surface area (Å²) < 4.78 is 0. The molecule has 184 valence electrons. The Balaban J connectivity index is 1.16. The Kier molecular flexibility index (Phi) is 7.58. The van der Waals surface area contributed by atoms with Gasteiger partial charge in [0.15, 0.2) is 0 Å². The van der Waals surface area contributed by atoms with Gasteiger partial charge in [0.2, 0.25) is 0 Å². The van der Waals surface area contributed by atoms with E-state index in [2.05, 4.69) is 38.1 Å². The molecule has 5 aliphatic rings. The van der Waals surface area contributed by atoms with Gasteiger partial charge in [-0.25, -0.2) is 0 Å². The lowest BCUT2D eigenvalue weighted by Crippen LogP contribution is -2.48. The predicted molar refractivity (Wildman–Crippen MR) is 143 cm³/mol. The first-order chi connectivity index (χ1) is 16.2. The van der Waals surface area contributed by atoms with Gasteiger partial charge < -0.3 is 0 Å². The van der Waals surface area contributed by atoms with Crippen molar-refractivity contribution in [3.63, 3.8) is 0 Å². The fraction of sp³-hybridized carbons (Fsp3) is 0.818. The summed E-state index contributed by atoms with van der Waals surface area (Å²) in [6, 6.07) is 10.2. The molecule has 0 heterocycles. The Hall–Kier alpha value is -0.780. The highest BCUT2D eigenvalue weighted by Gasteiger charge is 2.52. The molecule has 2 bridgehead atoms. The summed E-state index contributed by atoms with van der Waals surface area (Å²) in [4.78, 5) is 0. The maximum Gasteiger partial charge on any atom is -0.00463 e. The van der Waals surface area contributed by atoms with Crippen molar-refractivity contribution in [2.45, 2.75) is 147 Å². The van der Waals surface area contributed by atoms with E-state index in [0.29, 0.717) is 5.41 Å². The lowest BCUT2D eigenvalue weighted by Gasteiger charge is -2.58. The zero-order chi connectivity index (χ0) is 22.7. The van der Waals surface area contributed by atoms with Crippen molar-refractivity contribution in [3.05, 3.63) is 35.4 Å². The van der Waals surface area contributed by atoms with Crippen LogP contribution in [0.5, 0.6) is 0 Å². The maximum absolute atomic E-state index is 2.58. The van der Waals surface area contributed by atoms with Crippen LogP contribution in [0, 0.1) is 23.2 Å². The zero-order valence-corrected chi connectivity index (χ0v) is 22.1. The number of fused-ring (bicyclic) bond motifs is 3. The van der Waals surface area contributed by atoms with Crippen molar-refractivity contribution in [3.8, 4) is 0 Å². The van der Waals surface area contributed by atoms with Crippen molar-refractivity contribution < 1.29 is 0 Å². The minimum absolute atomic E-state index is 0.525. The van der Waals surface area contributed by atoms with Gasteiger partial charge in [-0.2, -0.15) is 0 Å². The van der Waals surface area contributed by atoms with Gasteiger partial charge in [-0.3, -0.25) is 0 Å². The van der Waals surface area contributed by atoms with E-state index in [0.717, 1.165) is 29.1 Å². The Morgan fingerprint density at radius 3 is 1.79 bits per heavy atom. The van der Waals surface area contributed by atoms with E-state index < -0.39 is 0 Å². The molecule has 0 aromatic heterocycles. The monoisotopic (exact) mass is 448 g/mol. The summed E-state index contributed by atoms with van der Waals surface area (Å²) in [6.45, 7) is 4.71. The highest BCUT2D eigenvalue weighted by molar-refractivity contribution is 5.33. The number of hydrogen-bond donors (Lipinski definition) is 0. The third-order valence-electron chi connectivity index (χ3n) is 11.5. The number of hydrogen-bond acceptors (Lipinski definition) is 0. The van der Waals surface area contributed by atoms with Crippen LogP contribution in [0.25, 0.3) is 0 Å². The van der Waals surface area contributed by atoms with Crippen LogP contribution in [-0.2, 0) is 5.41 Å². The third-order valence-corrected chi connectivity index (χ3v) is 11.5. The molecule has 0 radical (unpaired) electrons. The summed E-state index contributed by atoms with van der Waals surface area (Å²) in [5.74, 6) is 3.96. The second-order valence-electron chi connectivity index (χ2n) is 13.1. The molecule has 5 fully saturated rings. The highest BCUT2D eigenvalue weighted by atomic mass is 14.6. The van der Waals surface area contributed by atoms with Gasteiger partial charge in [0.25, 0.3) is 0 Å². The second kappa shape index (κ2) is 10.5.